The summed E-state index contributed by atoms with van der Waals surface area (Å²) in [5, 5.41) is 3.20. The maximum atomic E-state index is 13.5. The van der Waals surface area contributed by atoms with E-state index < -0.39 is 10.0 Å². The van der Waals surface area contributed by atoms with Gasteiger partial charge in [0.15, 0.2) is 0 Å². The topological polar surface area (TPSA) is 49.4 Å². The molecule has 22 heavy (non-hydrogen) atoms. The summed E-state index contributed by atoms with van der Waals surface area (Å²) in [5.74, 6) is -0.0371. The van der Waals surface area contributed by atoms with Gasteiger partial charge in [-0.2, -0.15) is 4.31 Å². The second kappa shape index (κ2) is 7.53. The van der Waals surface area contributed by atoms with E-state index in [-0.39, 0.29) is 23.5 Å². The molecule has 0 aliphatic carbocycles. The first-order valence-corrected chi connectivity index (χ1v) is 9.50. The van der Waals surface area contributed by atoms with Crippen molar-refractivity contribution in [1.29, 1.82) is 0 Å². The lowest BCUT2D eigenvalue weighted by molar-refractivity contribution is 0.269. The van der Waals surface area contributed by atoms with Gasteiger partial charge in [-0.15, -0.1) is 0 Å². The van der Waals surface area contributed by atoms with Crippen LogP contribution in [0, 0.1) is 11.7 Å². The van der Waals surface area contributed by atoms with Gasteiger partial charge in [0.1, 0.15) is 5.82 Å². The summed E-state index contributed by atoms with van der Waals surface area (Å²) in [5.41, 5.74) is 0.707. The van der Waals surface area contributed by atoms with Crippen LogP contribution in [0.2, 0.25) is 0 Å². The van der Waals surface area contributed by atoms with Crippen LogP contribution in [0.5, 0.6) is 0 Å². The summed E-state index contributed by atoms with van der Waals surface area (Å²) in [6, 6.07) is 5.89. The number of hydrogen-bond donors (Lipinski definition) is 1. The standard InChI is InChI=1S/C16H25FN2O2S/c1-3-5-13(2)12-22(20,21)19-9-8-18-11-16(19)14-6-4-7-15(17)10-14/h4,6-7,10,13,16,18H,3,5,8-9,11-12H2,1-2H3. The number of halogens is 1. The average Bonchev–Trinajstić information content (AvgIpc) is 2.47. The molecule has 0 aromatic heterocycles. The molecule has 2 unspecified atom stereocenters. The SMILES string of the molecule is CCCC(C)CS(=O)(=O)N1CCNCC1c1cccc(F)c1. The van der Waals surface area contributed by atoms with E-state index >= 15 is 0 Å². The number of nitrogens with zero attached hydrogens (tertiary/aromatic N) is 1. The molecule has 1 aromatic rings. The molecule has 1 aliphatic rings. The van der Waals surface area contributed by atoms with Gasteiger partial charge in [-0.25, -0.2) is 12.8 Å². The molecule has 6 heteroatoms. The number of piperazine rings is 1. The molecule has 0 radical (unpaired) electrons. The first-order chi connectivity index (χ1) is 10.4. The molecule has 1 N–H and O–H groups in total. The molecule has 1 fully saturated rings. The Morgan fingerprint density at radius 2 is 2.23 bits per heavy atom. The van der Waals surface area contributed by atoms with Crippen LogP contribution in [0.3, 0.4) is 0 Å². The van der Waals surface area contributed by atoms with E-state index in [1.54, 1.807) is 16.4 Å². The fourth-order valence-corrected chi connectivity index (χ4v) is 5.08. The molecule has 1 aromatic carbocycles. The van der Waals surface area contributed by atoms with Gasteiger partial charge in [0.2, 0.25) is 10.0 Å². The zero-order valence-corrected chi connectivity index (χ0v) is 14.1. The van der Waals surface area contributed by atoms with Gasteiger partial charge in [0.05, 0.1) is 11.8 Å². The van der Waals surface area contributed by atoms with Gasteiger partial charge in [-0.05, 0) is 30.0 Å². The van der Waals surface area contributed by atoms with Crippen molar-refractivity contribution in [1.82, 2.24) is 9.62 Å². The second-order valence-corrected chi connectivity index (χ2v) is 8.02. The molecule has 0 saturated carbocycles. The van der Waals surface area contributed by atoms with Crippen LogP contribution in [-0.4, -0.2) is 38.1 Å². The zero-order valence-electron chi connectivity index (χ0n) is 13.3. The van der Waals surface area contributed by atoms with E-state index in [1.807, 2.05) is 6.92 Å². The summed E-state index contributed by atoms with van der Waals surface area (Å²) in [6.45, 7) is 5.62. The van der Waals surface area contributed by atoms with Crippen LogP contribution in [0.4, 0.5) is 4.39 Å². The third kappa shape index (κ3) is 4.27. The number of sulfonamides is 1. The van der Waals surface area contributed by atoms with E-state index in [9.17, 15) is 12.8 Å². The van der Waals surface area contributed by atoms with Crippen molar-refractivity contribution in [3.63, 3.8) is 0 Å². The third-order valence-electron chi connectivity index (χ3n) is 4.06. The molecular formula is C16H25FN2O2S. The van der Waals surface area contributed by atoms with Crippen LogP contribution in [0.25, 0.3) is 0 Å². The van der Waals surface area contributed by atoms with Gasteiger partial charge in [0.25, 0.3) is 0 Å². The minimum absolute atomic E-state index is 0.137. The predicted molar refractivity (Wildman–Crippen MR) is 86.6 cm³/mol. The molecule has 1 saturated heterocycles. The minimum Gasteiger partial charge on any atom is -0.313 e. The highest BCUT2D eigenvalue weighted by molar-refractivity contribution is 7.89. The summed E-state index contributed by atoms with van der Waals surface area (Å²) in [7, 11) is -3.34. The molecule has 2 rings (SSSR count). The molecule has 124 valence electrons. The number of rotatable bonds is 6. The zero-order chi connectivity index (χ0) is 16.2. The number of hydrogen-bond acceptors (Lipinski definition) is 3. The summed E-state index contributed by atoms with van der Waals surface area (Å²) < 4.78 is 40.5. The van der Waals surface area contributed by atoms with Gasteiger partial charge in [-0.1, -0.05) is 32.4 Å². The third-order valence-corrected chi connectivity index (χ3v) is 6.20. The van der Waals surface area contributed by atoms with E-state index in [0.29, 0.717) is 25.2 Å². The highest BCUT2D eigenvalue weighted by Crippen LogP contribution is 2.27. The van der Waals surface area contributed by atoms with Crippen LogP contribution >= 0.6 is 0 Å². The van der Waals surface area contributed by atoms with Crippen molar-refractivity contribution < 1.29 is 12.8 Å². The van der Waals surface area contributed by atoms with Crippen LogP contribution < -0.4 is 5.32 Å². The Labute approximate surface area is 132 Å². The monoisotopic (exact) mass is 328 g/mol. The molecule has 0 spiro atoms. The molecule has 0 amide bonds. The largest absolute Gasteiger partial charge is 0.313 e. The maximum Gasteiger partial charge on any atom is 0.215 e. The first kappa shape index (κ1) is 17.4. The van der Waals surface area contributed by atoms with E-state index in [2.05, 4.69) is 12.2 Å². The van der Waals surface area contributed by atoms with Crippen molar-refractivity contribution >= 4 is 10.0 Å². The van der Waals surface area contributed by atoms with E-state index in [4.69, 9.17) is 0 Å². The van der Waals surface area contributed by atoms with Crippen molar-refractivity contribution in [2.24, 2.45) is 5.92 Å². The average molecular weight is 328 g/mol. The number of benzene rings is 1. The van der Waals surface area contributed by atoms with Crippen molar-refractivity contribution in [2.45, 2.75) is 32.7 Å². The van der Waals surface area contributed by atoms with Gasteiger partial charge >= 0.3 is 0 Å². The first-order valence-electron chi connectivity index (χ1n) is 7.89. The Hall–Kier alpha value is -0.980. The Balaban J connectivity index is 2.22. The number of nitrogens with one attached hydrogen (secondary N) is 1. The van der Waals surface area contributed by atoms with Crippen LogP contribution in [-0.2, 0) is 10.0 Å². The summed E-state index contributed by atoms with van der Waals surface area (Å²) in [4.78, 5) is 0. The summed E-state index contributed by atoms with van der Waals surface area (Å²) >= 11 is 0. The Morgan fingerprint density at radius 3 is 2.91 bits per heavy atom. The molecule has 4 nitrogen and oxygen atoms in total. The molecular weight excluding hydrogens is 303 g/mol. The van der Waals surface area contributed by atoms with Gasteiger partial charge < -0.3 is 5.32 Å². The normalized spacial score (nSPS) is 21.7. The smallest absolute Gasteiger partial charge is 0.215 e. The van der Waals surface area contributed by atoms with Gasteiger partial charge in [0, 0.05) is 19.6 Å². The van der Waals surface area contributed by atoms with Crippen molar-refractivity contribution in [2.75, 3.05) is 25.4 Å². The lowest BCUT2D eigenvalue weighted by Gasteiger charge is -2.36. The fraction of sp³-hybridized carbons (Fsp3) is 0.625. The Morgan fingerprint density at radius 1 is 1.45 bits per heavy atom. The molecule has 1 heterocycles. The highest BCUT2D eigenvalue weighted by Gasteiger charge is 2.34. The molecule has 1 aliphatic heterocycles. The van der Waals surface area contributed by atoms with Crippen LogP contribution in [0.1, 0.15) is 38.3 Å². The quantitative estimate of drug-likeness (QED) is 0.873. The molecule has 0 bridgehead atoms. The van der Waals surface area contributed by atoms with Crippen molar-refractivity contribution in [3.05, 3.63) is 35.6 Å². The lowest BCUT2D eigenvalue weighted by Crippen LogP contribution is -2.49. The van der Waals surface area contributed by atoms with E-state index in [0.717, 1.165) is 12.8 Å². The highest BCUT2D eigenvalue weighted by atomic mass is 32.2. The minimum atomic E-state index is -3.34. The molecule has 2 atom stereocenters. The maximum absolute atomic E-state index is 13.5. The van der Waals surface area contributed by atoms with E-state index in [1.165, 1.54) is 12.1 Å². The predicted octanol–water partition coefficient (Wildman–Crippen LogP) is 2.54. The summed E-state index contributed by atoms with van der Waals surface area (Å²) in [6.07, 6.45) is 1.88. The lowest BCUT2D eigenvalue weighted by atomic mass is 10.1. The Bertz CT molecular complexity index is 592. The fourth-order valence-electron chi connectivity index (χ4n) is 3.05. The van der Waals surface area contributed by atoms with Crippen molar-refractivity contribution in [3.8, 4) is 0 Å². The van der Waals surface area contributed by atoms with Gasteiger partial charge in [-0.3, -0.25) is 0 Å². The second-order valence-electron chi connectivity index (χ2n) is 6.06. The Kier molecular flexibility index (Phi) is 5.94. The van der Waals surface area contributed by atoms with Crippen LogP contribution in [0.15, 0.2) is 24.3 Å².